The van der Waals surface area contributed by atoms with Gasteiger partial charge in [-0.1, -0.05) is 90.9 Å². The van der Waals surface area contributed by atoms with E-state index in [0.29, 0.717) is 6.42 Å². The highest BCUT2D eigenvalue weighted by molar-refractivity contribution is 5.92. The predicted molar refractivity (Wildman–Crippen MR) is 122 cm³/mol. The Morgan fingerprint density at radius 3 is 1.52 bits per heavy atom. The molecule has 0 bridgehead atoms. The van der Waals surface area contributed by atoms with Gasteiger partial charge in [-0.05, 0) is 12.3 Å². The molecule has 0 saturated carbocycles. The molecule has 0 aromatic rings. The molecule has 2 atom stereocenters. The Morgan fingerprint density at radius 2 is 1.15 bits per heavy atom. The first kappa shape index (κ1) is 30.8. The van der Waals surface area contributed by atoms with E-state index in [1.165, 1.54) is 51.4 Å². The van der Waals surface area contributed by atoms with Crippen LogP contribution in [0.3, 0.4) is 0 Å². The van der Waals surface area contributed by atoms with Crippen molar-refractivity contribution in [2.24, 2.45) is 5.92 Å². The number of aliphatic hydroxyl groups is 1. The third-order valence-electron chi connectivity index (χ3n) is 5.61. The smallest absolute Gasteiger partial charge is 0.348 e. The molecule has 0 aromatic carbocycles. The number of hydrogen-bond donors (Lipinski definition) is 4. The Hall–Kier alpha value is -2.16. The first-order valence-electron chi connectivity index (χ1n) is 12.1. The van der Waals surface area contributed by atoms with Crippen molar-refractivity contribution in [3.63, 3.8) is 0 Å². The molecule has 192 valence electrons. The van der Waals surface area contributed by atoms with Gasteiger partial charge in [0.2, 0.25) is 11.7 Å². The molecule has 0 radical (unpaired) electrons. The van der Waals surface area contributed by atoms with Gasteiger partial charge in [-0.25, -0.2) is 9.59 Å². The SMILES string of the molecule is CC(C)CCCCCCCCCCCCCCC(=O)OC(C(=O)O)C(O)(CC(=O)O)C(=O)O. The van der Waals surface area contributed by atoms with Crippen LogP contribution >= 0.6 is 0 Å². The van der Waals surface area contributed by atoms with Gasteiger partial charge in [0, 0.05) is 6.42 Å². The maximum atomic E-state index is 11.9. The number of carboxylic acid groups (broad SMARTS) is 3. The summed E-state index contributed by atoms with van der Waals surface area (Å²) >= 11 is 0. The Labute approximate surface area is 196 Å². The molecule has 0 aromatic heterocycles. The summed E-state index contributed by atoms with van der Waals surface area (Å²) in [7, 11) is 0. The van der Waals surface area contributed by atoms with Crippen LogP contribution in [0.2, 0.25) is 0 Å². The van der Waals surface area contributed by atoms with Crippen molar-refractivity contribution in [2.45, 2.75) is 122 Å². The molecule has 4 N–H and O–H groups in total. The van der Waals surface area contributed by atoms with Gasteiger partial charge < -0.3 is 25.2 Å². The molecular weight excluding hydrogens is 432 g/mol. The Bertz CT molecular complexity index is 603. The van der Waals surface area contributed by atoms with Crippen LogP contribution in [0, 0.1) is 5.92 Å². The van der Waals surface area contributed by atoms with Gasteiger partial charge in [0.05, 0.1) is 6.42 Å². The number of carbonyl (C=O) groups is 4. The fourth-order valence-electron chi connectivity index (χ4n) is 3.64. The minimum Gasteiger partial charge on any atom is -0.481 e. The summed E-state index contributed by atoms with van der Waals surface area (Å²) in [4.78, 5) is 45.2. The van der Waals surface area contributed by atoms with Crippen LogP contribution in [0.15, 0.2) is 0 Å². The maximum Gasteiger partial charge on any atom is 0.348 e. The number of aliphatic carboxylic acids is 3. The van der Waals surface area contributed by atoms with E-state index in [1.54, 1.807) is 0 Å². The summed E-state index contributed by atoms with van der Waals surface area (Å²) in [6.45, 7) is 4.51. The monoisotopic (exact) mass is 474 g/mol. The molecule has 0 aliphatic rings. The number of rotatable bonds is 21. The van der Waals surface area contributed by atoms with E-state index in [4.69, 9.17) is 15.3 Å². The molecule has 0 spiro atoms. The van der Waals surface area contributed by atoms with Crippen molar-refractivity contribution in [1.29, 1.82) is 0 Å². The Morgan fingerprint density at radius 1 is 0.727 bits per heavy atom. The first-order chi connectivity index (χ1) is 15.5. The summed E-state index contributed by atoms with van der Waals surface area (Å²) in [5.41, 5.74) is -3.25. The van der Waals surface area contributed by atoms with E-state index in [0.717, 1.165) is 31.6 Å². The average molecular weight is 475 g/mol. The van der Waals surface area contributed by atoms with Crippen LogP contribution in [0.25, 0.3) is 0 Å². The largest absolute Gasteiger partial charge is 0.481 e. The minimum atomic E-state index is -3.25. The number of carboxylic acids is 3. The molecule has 33 heavy (non-hydrogen) atoms. The van der Waals surface area contributed by atoms with Gasteiger partial charge >= 0.3 is 23.9 Å². The maximum absolute atomic E-state index is 11.9. The van der Waals surface area contributed by atoms with Crippen LogP contribution < -0.4 is 0 Å². The van der Waals surface area contributed by atoms with Gasteiger partial charge in [0.25, 0.3) is 0 Å². The molecule has 0 heterocycles. The third-order valence-corrected chi connectivity index (χ3v) is 5.61. The van der Waals surface area contributed by atoms with Crippen molar-refractivity contribution in [3.05, 3.63) is 0 Å². The second kappa shape index (κ2) is 17.3. The van der Waals surface area contributed by atoms with Crippen LogP contribution in [-0.2, 0) is 23.9 Å². The van der Waals surface area contributed by atoms with Gasteiger partial charge in [0.1, 0.15) is 0 Å². The van der Waals surface area contributed by atoms with E-state index >= 15 is 0 Å². The zero-order chi connectivity index (χ0) is 25.3. The second-order valence-electron chi connectivity index (χ2n) is 9.18. The van der Waals surface area contributed by atoms with Crippen LogP contribution in [0.1, 0.15) is 110 Å². The number of ether oxygens (including phenoxy) is 1. The van der Waals surface area contributed by atoms with Gasteiger partial charge in [-0.15, -0.1) is 0 Å². The van der Waals surface area contributed by atoms with Gasteiger partial charge in [-0.2, -0.15) is 0 Å². The van der Waals surface area contributed by atoms with E-state index < -0.39 is 42.0 Å². The summed E-state index contributed by atoms with van der Waals surface area (Å²) in [6, 6.07) is 0. The average Bonchev–Trinajstić information content (AvgIpc) is 2.71. The third kappa shape index (κ3) is 14.6. The standard InChI is InChI=1S/C24H42O9/c1-18(2)15-13-11-9-7-5-3-4-6-8-10-12-14-16-20(27)33-21(22(28)29)24(32,23(30)31)17-19(25)26/h18,21,32H,3-17H2,1-2H3,(H,25,26)(H,28,29)(H,30,31). The summed E-state index contributed by atoms with van der Waals surface area (Å²) in [6.07, 6.45) is 10.5. The van der Waals surface area contributed by atoms with Crippen LogP contribution in [0.4, 0.5) is 0 Å². The number of carbonyl (C=O) groups excluding carboxylic acids is 1. The second-order valence-corrected chi connectivity index (χ2v) is 9.18. The van der Waals surface area contributed by atoms with E-state index in [2.05, 4.69) is 18.6 Å². The minimum absolute atomic E-state index is 0.136. The molecule has 0 saturated heterocycles. The van der Waals surface area contributed by atoms with Crippen molar-refractivity contribution in [2.75, 3.05) is 0 Å². The van der Waals surface area contributed by atoms with Crippen molar-refractivity contribution >= 4 is 23.9 Å². The lowest BCUT2D eigenvalue weighted by atomic mass is 9.92. The molecule has 0 amide bonds. The van der Waals surface area contributed by atoms with Gasteiger partial charge in [0.15, 0.2) is 0 Å². The van der Waals surface area contributed by atoms with Crippen molar-refractivity contribution in [1.82, 2.24) is 0 Å². The van der Waals surface area contributed by atoms with Crippen LogP contribution in [0.5, 0.6) is 0 Å². The lowest BCUT2D eigenvalue weighted by Crippen LogP contribution is -2.56. The van der Waals surface area contributed by atoms with E-state index in [-0.39, 0.29) is 6.42 Å². The lowest BCUT2D eigenvalue weighted by Gasteiger charge is -2.27. The first-order valence-corrected chi connectivity index (χ1v) is 12.1. The number of unbranched alkanes of at least 4 members (excludes halogenated alkanes) is 11. The van der Waals surface area contributed by atoms with Crippen molar-refractivity contribution < 1.29 is 44.3 Å². The zero-order valence-electron chi connectivity index (χ0n) is 20.1. The summed E-state index contributed by atoms with van der Waals surface area (Å²) < 4.78 is 4.63. The Balaban J connectivity index is 3.96. The molecule has 0 fully saturated rings. The molecular formula is C24H42O9. The highest BCUT2D eigenvalue weighted by Crippen LogP contribution is 2.21. The predicted octanol–water partition coefficient (Wildman–Crippen LogP) is 4.39. The fraction of sp³-hybridized carbons (Fsp3) is 0.833. The fourth-order valence-corrected chi connectivity index (χ4v) is 3.64. The number of esters is 1. The molecule has 0 aliphatic carbocycles. The topological polar surface area (TPSA) is 158 Å². The summed E-state index contributed by atoms with van der Waals surface area (Å²) in [5.74, 6) is -5.94. The molecule has 9 nitrogen and oxygen atoms in total. The number of hydrogen-bond acceptors (Lipinski definition) is 6. The lowest BCUT2D eigenvalue weighted by molar-refractivity contribution is -0.197. The van der Waals surface area contributed by atoms with Gasteiger partial charge in [-0.3, -0.25) is 9.59 Å². The van der Waals surface area contributed by atoms with Crippen molar-refractivity contribution in [3.8, 4) is 0 Å². The zero-order valence-corrected chi connectivity index (χ0v) is 20.1. The molecule has 0 aliphatic heterocycles. The highest BCUT2D eigenvalue weighted by atomic mass is 16.6. The van der Waals surface area contributed by atoms with E-state index in [1.807, 2.05) is 0 Å². The molecule has 9 heteroatoms. The summed E-state index contributed by atoms with van der Waals surface area (Å²) in [5, 5.41) is 37.0. The Kier molecular flexibility index (Phi) is 16.2. The van der Waals surface area contributed by atoms with Crippen LogP contribution in [-0.4, -0.2) is 56.0 Å². The highest BCUT2D eigenvalue weighted by Gasteiger charge is 2.52. The normalized spacial score (nSPS) is 13.9. The molecule has 2 unspecified atom stereocenters. The van der Waals surface area contributed by atoms with E-state index in [9.17, 15) is 24.3 Å². The quantitative estimate of drug-likeness (QED) is 0.140. The molecule has 0 rings (SSSR count).